The van der Waals surface area contributed by atoms with Gasteiger partial charge in [0, 0.05) is 11.7 Å². The molecule has 1 aliphatic carbocycles. The average molecular weight is 369 g/mol. The van der Waals surface area contributed by atoms with Crippen molar-refractivity contribution in [3.05, 3.63) is 56.4 Å². The van der Waals surface area contributed by atoms with Gasteiger partial charge in [-0.3, -0.25) is 0 Å². The van der Waals surface area contributed by atoms with Gasteiger partial charge in [-0.2, -0.15) is 0 Å². The molecule has 2 rings (SSSR count). The number of hydrogen-bond donors (Lipinski definition) is 2. The molecule has 0 aromatic carbocycles. The molecule has 22 heavy (non-hydrogen) atoms. The lowest BCUT2D eigenvalue weighted by atomic mass is 9.71. The van der Waals surface area contributed by atoms with Crippen LogP contribution >= 0.6 is 48.8 Å². The van der Waals surface area contributed by atoms with Gasteiger partial charge in [0.25, 0.3) is 0 Å². The lowest BCUT2D eigenvalue weighted by Gasteiger charge is -2.34. The van der Waals surface area contributed by atoms with Gasteiger partial charge in [0.05, 0.1) is 8.47 Å². The number of hydrogen-bond acceptors (Lipinski definition) is 4. The average Bonchev–Trinajstić information content (AvgIpc) is 2.50. The lowest BCUT2D eigenvalue weighted by molar-refractivity contribution is 0.377. The number of thioether (sulfide) groups is 2. The van der Waals surface area contributed by atoms with Gasteiger partial charge in [0.15, 0.2) is 0 Å². The van der Waals surface area contributed by atoms with E-state index >= 15 is 0 Å². The van der Waals surface area contributed by atoms with Crippen LogP contribution in [0.5, 0.6) is 0 Å². The molecule has 0 fully saturated rings. The van der Waals surface area contributed by atoms with Gasteiger partial charge in [-0.15, -0.1) is 50.2 Å². The van der Waals surface area contributed by atoms with Gasteiger partial charge in [-0.1, -0.05) is 55.5 Å². The van der Waals surface area contributed by atoms with Crippen LogP contribution in [0.3, 0.4) is 0 Å². The lowest BCUT2D eigenvalue weighted by Crippen LogP contribution is -2.25. The van der Waals surface area contributed by atoms with Crippen LogP contribution in [0.25, 0.3) is 0 Å². The van der Waals surface area contributed by atoms with E-state index in [1.807, 2.05) is 0 Å². The van der Waals surface area contributed by atoms with Crippen LogP contribution in [-0.4, -0.2) is 5.75 Å². The van der Waals surface area contributed by atoms with Crippen molar-refractivity contribution in [1.29, 1.82) is 0 Å². The minimum atomic E-state index is 0.400. The smallest absolute Gasteiger partial charge is 0.0614 e. The molecule has 0 saturated heterocycles. The predicted octanol–water partition coefficient (Wildman–Crippen LogP) is 6.54. The Balaban J connectivity index is 2.31. The molecule has 120 valence electrons. The Bertz CT molecular complexity index is 539. The summed E-state index contributed by atoms with van der Waals surface area (Å²) in [6.45, 7) is 12.7. The zero-order valence-electron chi connectivity index (χ0n) is 13.2. The van der Waals surface area contributed by atoms with Crippen LogP contribution in [0, 0.1) is 23.7 Å². The summed E-state index contributed by atoms with van der Waals surface area (Å²) >= 11 is 12.5. The molecule has 0 aromatic heterocycles. The van der Waals surface area contributed by atoms with Crippen LogP contribution in [0.4, 0.5) is 0 Å². The molecule has 0 N–H and O–H groups in total. The zero-order chi connectivity index (χ0) is 16.3. The molecule has 0 spiro atoms. The first-order valence-corrected chi connectivity index (χ1v) is 10.2. The highest BCUT2D eigenvalue weighted by Crippen LogP contribution is 2.46. The van der Waals surface area contributed by atoms with Crippen molar-refractivity contribution in [3.63, 3.8) is 0 Å². The van der Waals surface area contributed by atoms with Crippen LogP contribution < -0.4 is 0 Å². The summed E-state index contributed by atoms with van der Waals surface area (Å²) in [4.78, 5) is 1.37. The first-order valence-electron chi connectivity index (χ1n) is 7.55. The summed E-state index contributed by atoms with van der Waals surface area (Å²) in [6, 6.07) is 0. The van der Waals surface area contributed by atoms with Crippen LogP contribution in [0.15, 0.2) is 56.4 Å². The third-order valence-corrected chi connectivity index (χ3v) is 8.05. The highest BCUT2D eigenvalue weighted by atomic mass is 32.2. The fourth-order valence-electron chi connectivity index (χ4n) is 2.98. The van der Waals surface area contributed by atoms with Crippen molar-refractivity contribution in [2.24, 2.45) is 23.7 Å². The zero-order valence-corrected chi connectivity index (χ0v) is 16.6. The summed E-state index contributed by atoms with van der Waals surface area (Å²) in [5.41, 5.74) is 1.54. The van der Waals surface area contributed by atoms with Gasteiger partial charge in [0.2, 0.25) is 0 Å². The van der Waals surface area contributed by atoms with E-state index in [1.54, 1.807) is 23.5 Å². The topological polar surface area (TPSA) is 0 Å². The van der Waals surface area contributed by atoms with Crippen LogP contribution in [0.2, 0.25) is 0 Å². The van der Waals surface area contributed by atoms with Gasteiger partial charge >= 0.3 is 0 Å². The second-order valence-electron chi connectivity index (χ2n) is 6.02. The molecule has 4 heteroatoms. The molecule has 3 atom stereocenters. The molecule has 1 heterocycles. The van der Waals surface area contributed by atoms with Crippen LogP contribution in [-0.2, 0) is 0 Å². The maximum atomic E-state index is 4.52. The Morgan fingerprint density at radius 3 is 2.50 bits per heavy atom. The maximum Gasteiger partial charge on any atom is 0.0614 e. The summed E-state index contributed by atoms with van der Waals surface area (Å²) in [5.74, 6) is 2.89. The molecule has 2 aliphatic rings. The normalized spacial score (nSPS) is 31.4. The maximum absolute atomic E-state index is 4.52. The van der Waals surface area contributed by atoms with Crippen molar-refractivity contribution in [1.82, 2.24) is 0 Å². The highest BCUT2D eigenvalue weighted by Gasteiger charge is 2.29. The first kappa shape index (κ1) is 18.4. The number of allylic oxidation sites excluding steroid dienone is 5. The summed E-state index contributed by atoms with van der Waals surface area (Å²) in [6.07, 6.45) is 10.2. The fraction of sp³-hybridized carbons (Fsp3) is 0.444. The van der Waals surface area contributed by atoms with Crippen molar-refractivity contribution >= 4 is 48.8 Å². The molecular weight excluding hydrogens is 344 g/mol. The van der Waals surface area contributed by atoms with Crippen molar-refractivity contribution in [2.45, 2.75) is 20.3 Å². The summed E-state index contributed by atoms with van der Waals surface area (Å²) in [5, 5.41) is 0. The summed E-state index contributed by atoms with van der Waals surface area (Å²) < 4.78 is 2.03. The van der Waals surface area contributed by atoms with E-state index in [0.717, 1.165) is 20.6 Å². The van der Waals surface area contributed by atoms with Gasteiger partial charge in [0.1, 0.15) is 0 Å². The predicted molar refractivity (Wildman–Crippen MR) is 112 cm³/mol. The number of rotatable bonds is 4. The molecule has 0 saturated carbocycles. The van der Waals surface area contributed by atoms with Crippen molar-refractivity contribution < 1.29 is 0 Å². The van der Waals surface area contributed by atoms with Gasteiger partial charge < -0.3 is 0 Å². The highest BCUT2D eigenvalue weighted by molar-refractivity contribution is 8.25. The molecule has 2 unspecified atom stereocenters. The minimum absolute atomic E-state index is 0.400. The molecular formula is C18H24S4. The minimum Gasteiger partial charge on any atom is -0.135 e. The Morgan fingerprint density at radius 2 is 1.95 bits per heavy atom. The van der Waals surface area contributed by atoms with Crippen LogP contribution in [0.1, 0.15) is 20.3 Å². The molecule has 0 nitrogen and oxygen atoms in total. The second kappa shape index (κ2) is 8.27. The van der Waals surface area contributed by atoms with E-state index < -0.39 is 0 Å². The van der Waals surface area contributed by atoms with E-state index in [9.17, 15) is 0 Å². The van der Waals surface area contributed by atoms with E-state index in [0.29, 0.717) is 23.7 Å². The van der Waals surface area contributed by atoms with E-state index in [-0.39, 0.29) is 0 Å². The Labute approximate surface area is 154 Å². The van der Waals surface area contributed by atoms with Crippen molar-refractivity contribution in [3.8, 4) is 0 Å². The molecule has 0 radical (unpaired) electrons. The number of thiol groups is 2. The molecule has 0 bridgehead atoms. The third kappa shape index (κ3) is 4.34. The largest absolute Gasteiger partial charge is 0.135 e. The first-order chi connectivity index (χ1) is 10.5. The molecule has 0 aromatic rings. The van der Waals surface area contributed by atoms with Gasteiger partial charge in [-0.25, -0.2) is 0 Å². The standard InChI is InChI=1S/C18H24S4/c1-5-12-7-13(11(3)4)8-14(16(12)6-2)9-15-10-21-17(19)18(20)22-15/h5-6,8-9,11-12,14,16,19-20H,1-2,7,10H2,3-4H3/b15-9+/t12?,14-,16?/m0/s1. The summed E-state index contributed by atoms with van der Waals surface area (Å²) in [7, 11) is 0. The Kier molecular flexibility index (Phi) is 6.93. The SMILES string of the molecule is C=CC1CC(C(C)C)=C[C@@H](/C=C2\CSC(S)=C(S)S2)C1C=C. The molecule has 1 aliphatic heterocycles. The fourth-order valence-corrected chi connectivity index (χ4v) is 5.62. The van der Waals surface area contributed by atoms with E-state index in [1.165, 1.54) is 10.5 Å². The van der Waals surface area contributed by atoms with E-state index in [2.05, 4.69) is 76.6 Å². The monoisotopic (exact) mass is 368 g/mol. The van der Waals surface area contributed by atoms with Gasteiger partial charge in [-0.05, 0) is 29.1 Å². The quantitative estimate of drug-likeness (QED) is 0.427. The third-order valence-electron chi connectivity index (χ3n) is 4.27. The molecule has 0 amide bonds. The Hall–Kier alpha value is 0.1000. The van der Waals surface area contributed by atoms with E-state index in [4.69, 9.17) is 0 Å². The van der Waals surface area contributed by atoms with Crippen molar-refractivity contribution in [2.75, 3.05) is 5.75 Å². The second-order valence-corrected chi connectivity index (χ2v) is 9.65. The Morgan fingerprint density at radius 1 is 1.23 bits per heavy atom.